The van der Waals surface area contributed by atoms with Crippen LogP contribution in [0.15, 0.2) is 24.3 Å². The van der Waals surface area contributed by atoms with Gasteiger partial charge in [0.2, 0.25) is 5.91 Å². The molecule has 4 nitrogen and oxygen atoms in total. The third-order valence-electron chi connectivity index (χ3n) is 5.16. The standard InChI is InChI=1S/C18H21Cl2NO3/c1-24-10-11-5-4-8-18(9-11)15(22)14(17(23)21-18)12-6-2-3-7-13(12)16(19)20/h2-3,6-7,11,14,16H,4-5,8-10H2,1H3,(H,21,23). The maximum atomic E-state index is 13.2. The quantitative estimate of drug-likeness (QED) is 0.652. The predicted octanol–water partition coefficient (Wildman–Crippen LogP) is 3.52. The van der Waals surface area contributed by atoms with Crippen LogP contribution in [0.4, 0.5) is 0 Å². The largest absolute Gasteiger partial charge is 0.384 e. The number of amides is 1. The Morgan fingerprint density at radius 1 is 1.33 bits per heavy atom. The number of rotatable bonds is 4. The van der Waals surface area contributed by atoms with E-state index in [1.54, 1.807) is 31.4 Å². The van der Waals surface area contributed by atoms with Crippen molar-refractivity contribution in [2.75, 3.05) is 13.7 Å². The first kappa shape index (κ1) is 17.7. The third-order valence-corrected chi connectivity index (χ3v) is 5.63. The van der Waals surface area contributed by atoms with Crippen LogP contribution >= 0.6 is 23.2 Å². The molecule has 3 atom stereocenters. The molecule has 1 heterocycles. The molecule has 3 rings (SSSR count). The summed E-state index contributed by atoms with van der Waals surface area (Å²) in [6, 6.07) is 7.14. The number of ether oxygens (including phenoxy) is 1. The highest BCUT2D eigenvalue weighted by Crippen LogP contribution is 2.43. The first-order valence-corrected chi connectivity index (χ1v) is 9.08. The highest BCUT2D eigenvalue weighted by Gasteiger charge is 2.54. The van der Waals surface area contributed by atoms with Crippen LogP contribution in [0.5, 0.6) is 0 Å². The van der Waals surface area contributed by atoms with Gasteiger partial charge in [-0.2, -0.15) is 0 Å². The summed E-state index contributed by atoms with van der Waals surface area (Å²) in [5, 5.41) is 2.99. The number of methoxy groups -OCH3 is 1. The molecule has 1 saturated carbocycles. The van der Waals surface area contributed by atoms with E-state index < -0.39 is 16.3 Å². The molecule has 1 amide bonds. The lowest BCUT2D eigenvalue weighted by atomic mass is 9.72. The summed E-state index contributed by atoms with van der Waals surface area (Å²) in [6.07, 6.45) is 3.24. The van der Waals surface area contributed by atoms with Crippen molar-refractivity contribution < 1.29 is 14.3 Å². The molecule has 1 spiro atoms. The second kappa shape index (κ2) is 7.03. The fourth-order valence-corrected chi connectivity index (χ4v) is 4.52. The summed E-state index contributed by atoms with van der Waals surface area (Å²) in [7, 11) is 1.66. The molecule has 24 heavy (non-hydrogen) atoms. The van der Waals surface area contributed by atoms with E-state index in [0.717, 1.165) is 12.8 Å². The van der Waals surface area contributed by atoms with Crippen LogP contribution in [0, 0.1) is 5.92 Å². The Morgan fingerprint density at radius 3 is 2.79 bits per heavy atom. The van der Waals surface area contributed by atoms with E-state index in [-0.39, 0.29) is 17.6 Å². The molecule has 2 aliphatic rings. The van der Waals surface area contributed by atoms with E-state index in [4.69, 9.17) is 27.9 Å². The third kappa shape index (κ3) is 3.07. The lowest BCUT2D eigenvalue weighted by Crippen LogP contribution is -2.50. The van der Waals surface area contributed by atoms with Crippen LogP contribution in [0.3, 0.4) is 0 Å². The predicted molar refractivity (Wildman–Crippen MR) is 93.3 cm³/mol. The van der Waals surface area contributed by atoms with Gasteiger partial charge in [-0.15, -0.1) is 23.2 Å². The fraction of sp³-hybridized carbons (Fsp3) is 0.556. The van der Waals surface area contributed by atoms with Crippen LogP contribution < -0.4 is 5.32 Å². The second-order valence-electron chi connectivity index (χ2n) is 6.72. The van der Waals surface area contributed by atoms with Crippen LogP contribution in [0.1, 0.15) is 47.6 Å². The molecule has 1 aromatic rings. The zero-order valence-corrected chi connectivity index (χ0v) is 15.1. The Bertz CT molecular complexity index is 647. The minimum absolute atomic E-state index is 0.0604. The molecule has 2 fully saturated rings. The van der Waals surface area contributed by atoms with Gasteiger partial charge >= 0.3 is 0 Å². The molecule has 6 heteroatoms. The Balaban J connectivity index is 1.93. The maximum Gasteiger partial charge on any atom is 0.235 e. The molecule has 1 saturated heterocycles. The van der Waals surface area contributed by atoms with Crippen molar-refractivity contribution in [2.24, 2.45) is 5.92 Å². The number of hydrogen-bond acceptors (Lipinski definition) is 3. The topological polar surface area (TPSA) is 55.4 Å². The molecule has 1 aromatic carbocycles. The van der Waals surface area contributed by atoms with Crippen LogP contribution in [0.2, 0.25) is 0 Å². The molecule has 0 bridgehead atoms. The normalized spacial score (nSPS) is 30.2. The molecule has 1 aliphatic carbocycles. The van der Waals surface area contributed by atoms with E-state index in [2.05, 4.69) is 5.32 Å². The van der Waals surface area contributed by atoms with Crippen LogP contribution in [-0.4, -0.2) is 30.9 Å². The number of ketones is 1. The first-order valence-electron chi connectivity index (χ1n) is 8.21. The molecule has 0 radical (unpaired) electrons. The zero-order chi connectivity index (χ0) is 17.3. The van der Waals surface area contributed by atoms with Crippen molar-refractivity contribution in [1.82, 2.24) is 5.32 Å². The number of nitrogens with one attached hydrogen (secondary N) is 1. The molecule has 0 aromatic heterocycles. The zero-order valence-electron chi connectivity index (χ0n) is 13.6. The number of benzene rings is 1. The SMILES string of the molecule is COCC1CCCC2(C1)NC(=O)C(c1ccccc1C(Cl)Cl)C2=O. The van der Waals surface area contributed by atoms with Crippen molar-refractivity contribution in [1.29, 1.82) is 0 Å². The Kier molecular flexibility index (Phi) is 5.19. The van der Waals surface area contributed by atoms with Gasteiger partial charge in [0.25, 0.3) is 0 Å². The van der Waals surface area contributed by atoms with Gasteiger partial charge in [0, 0.05) is 13.7 Å². The van der Waals surface area contributed by atoms with E-state index in [9.17, 15) is 9.59 Å². The second-order valence-corrected chi connectivity index (χ2v) is 7.81. The number of Topliss-reactive ketones (excluding diaryl/α,β-unsaturated/α-hetero) is 1. The van der Waals surface area contributed by atoms with Crippen LogP contribution in [0.25, 0.3) is 0 Å². The average molecular weight is 370 g/mol. The van der Waals surface area contributed by atoms with Crippen molar-refractivity contribution in [3.8, 4) is 0 Å². The van der Waals surface area contributed by atoms with Gasteiger partial charge in [-0.1, -0.05) is 30.7 Å². The molecule has 1 aliphatic heterocycles. The van der Waals surface area contributed by atoms with Gasteiger partial charge in [-0.25, -0.2) is 0 Å². The minimum atomic E-state index is -0.831. The summed E-state index contributed by atoms with van der Waals surface area (Å²) in [6.45, 7) is 0.609. The minimum Gasteiger partial charge on any atom is -0.384 e. The maximum absolute atomic E-state index is 13.2. The summed E-state index contributed by atoms with van der Waals surface area (Å²) >= 11 is 12.1. The van der Waals surface area contributed by atoms with Gasteiger partial charge in [0.1, 0.15) is 16.3 Å². The number of carbonyl (C=O) groups is 2. The monoisotopic (exact) mass is 369 g/mol. The number of alkyl halides is 2. The smallest absolute Gasteiger partial charge is 0.235 e. The Morgan fingerprint density at radius 2 is 2.08 bits per heavy atom. The molecular formula is C18H21Cl2NO3. The van der Waals surface area contributed by atoms with Crippen molar-refractivity contribution in [3.05, 3.63) is 35.4 Å². The first-order chi connectivity index (χ1) is 11.5. The van der Waals surface area contributed by atoms with Crippen molar-refractivity contribution in [3.63, 3.8) is 0 Å². The van der Waals surface area contributed by atoms with Gasteiger partial charge in [-0.3, -0.25) is 9.59 Å². The summed E-state index contributed by atoms with van der Waals surface area (Å²) in [5.41, 5.74) is 0.459. The van der Waals surface area contributed by atoms with Crippen LogP contribution in [-0.2, 0) is 14.3 Å². The van der Waals surface area contributed by atoms with Gasteiger partial charge < -0.3 is 10.1 Å². The molecule has 130 valence electrons. The molecular weight excluding hydrogens is 349 g/mol. The van der Waals surface area contributed by atoms with E-state index in [1.165, 1.54) is 0 Å². The van der Waals surface area contributed by atoms with Gasteiger partial charge in [-0.05, 0) is 36.3 Å². The summed E-state index contributed by atoms with van der Waals surface area (Å²) < 4.78 is 5.25. The van der Waals surface area contributed by atoms with E-state index >= 15 is 0 Å². The van der Waals surface area contributed by atoms with Crippen molar-refractivity contribution in [2.45, 2.75) is 42.0 Å². The van der Waals surface area contributed by atoms with Gasteiger partial charge in [0.15, 0.2) is 5.78 Å². The summed E-state index contributed by atoms with van der Waals surface area (Å²) in [4.78, 5) is 25.1. The highest BCUT2D eigenvalue weighted by molar-refractivity contribution is 6.44. The fourth-order valence-electron chi connectivity index (χ4n) is 4.12. The molecule has 1 N–H and O–H groups in total. The Hall–Kier alpha value is -1.10. The average Bonchev–Trinajstić information content (AvgIpc) is 2.78. The van der Waals surface area contributed by atoms with Gasteiger partial charge in [0.05, 0.1) is 0 Å². The van der Waals surface area contributed by atoms with Crippen molar-refractivity contribution >= 4 is 34.9 Å². The highest BCUT2D eigenvalue weighted by atomic mass is 35.5. The number of carbonyl (C=O) groups excluding carboxylic acids is 2. The number of halogens is 2. The lowest BCUT2D eigenvalue weighted by molar-refractivity contribution is -0.126. The van der Waals surface area contributed by atoms with E-state index in [0.29, 0.717) is 30.6 Å². The Labute approximate surface area is 151 Å². The summed E-state index contributed by atoms with van der Waals surface area (Å²) in [5.74, 6) is -0.854. The number of hydrogen-bond donors (Lipinski definition) is 1. The lowest BCUT2D eigenvalue weighted by Gasteiger charge is -2.36. The molecule has 3 unspecified atom stereocenters. The van der Waals surface area contributed by atoms with E-state index in [1.807, 2.05) is 0 Å².